The van der Waals surface area contributed by atoms with Crippen LogP contribution in [0.25, 0.3) is 0 Å². The fourth-order valence-electron chi connectivity index (χ4n) is 3.56. The maximum absolute atomic E-state index is 2.57. The topological polar surface area (TPSA) is 0 Å². The molecular weight excluding hydrogens is 132 g/mol. The van der Waals surface area contributed by atoms with Crippen LogP contribution in [-0.2, 0) is 0 Å². The van der Waals surface area contributed by atoms with Crippen LogP contribution < -0.4 is 0 Å². The van der Waals surface area contributed by atoms with E-state index in [9.17, 15) is 0 Å². The van der Waals surface area contributed by atoms with E-state index in [1.54, 1.807) is 12.8 Å². The van der Waals surface area contributed by atoms with Crippen LogP contribution in [0.2, 0.25) is 0 Å². The molecule has 4 unspecified atom stereocenters. The third-order valence-corrected chi connectivity index (χ3v) is 3.97. The zero-order valence-corrected chi connectivity index (χ0v) is 7.22. The summed E-state index contributed by atoms with van der Waals surface area (Å²) in [5.74, 6) is 4.17. The lowest BCUT2D eigenvalue weighted by Gasteiger charge is -2.35. The molecule has 0 amide bonds. The smallest absolute Gasteiger partial charge is 0.0169 e. The van der Waals surface area contributed by atoms with Gasteiger partial charge in [0.2, 0.25) is 0 Å². The second-order valence-electron chi connectivity index (χ2n) is 4.86. The first-order valence-electron chi connectivity index (χ1n) is 5.03. The van der Waals surface area contributed by atoms with Gasteiger partial charge in [-0.15, -0.1) is 0 Å². The van der Waals surface area contributed by atoms with Crippen LogP contribution >= 0.6 is 0 Å². The Morgan fingerprint density at radius 2 is 2.18 bits per heavy atom. The van der Waals surface area contributed by atoms with Gasteiger partial charge in [-0.3, -0.25) is 0 Å². The van der Waals surface area contributed by atoms with Gasteiger partial charge in [0.05, 0.1) is 0 Å². The first-order chi connectivity index (χ1) is 5.33. The summed E-state index contributed by atoms with van der Waals surface area (Å²) in [6.07, 6.45) is 8.62. The van der Waals surface area contributed by atoms with Gasteiger partial charge in [-0.05, 0) is 49.4 Å². The molecule has 11 heavy (non-hydrogen) atoms. The van der Waals surface area contributed by atoms with Gasteiger partial charge >= 0.3 is 0 Å². The van der Waals surface area contributed by atoms with Crippen molar-refractivity contribution in [3.05, 3.63) is 11.6 Å². The van der Waals surface area contributed by atoms with Crippen molar-refractivity contribution < 1.29 is 0 Å². The highest BCUT2D eigenvalue weighted by molar-refractivity contribution is 5.24. The maximum atomic E-state index is 2.57. The van der Waals surface area contributed by atoms with Crippen molar-refractivity contribution >= 4 is 0 Å². The van der Waals surface area contributed by atoms with Crippen molar-refractivity contribution in [1.82, 2.24) is 0 Å². The summed E-state index contributed by atoms with van der Waals surface area (Å²) >= 11 is 0. The Balaban J connectivity index is 1.97. The van der Waals surface area contributed by atoms with Crippen LogP contribution in [0.4, 0.5) is 0 Å². The lowest BCUT2D eigenvalue weighted by molar-refractivity contribution is 0.315. The van der Waals surface area contributed by atoms with Gasteiger partial charge in [-0.1, -0.05) is 18.6 Å². The summed E-state index contributed by atoms with van der Waals surface area (Å²) in [4.78, 5) is 0. The van der Waals surface area contributed by atoms with E-state index in [1.807, 2.05) is 5.57 Å². The normalized spacial score (nSPS) is 53.0. The SMILES string of the molecule is CC1C=C2CC3CC(C1)CC23. The quantitative estimate of drug-likeness (QED) is 0.463. The molecule has 2 fully saturated rings. The van der Waals surface area contributed by atoms with E-state index in [4.69, 9.17) is 0 Å². The molecule has 0 heteroatoms. The van der Waals surface area contributed by atoms with Crippen molar-refractivity contribution in [2.75, 3.05) is 0 Å². The van der Waals surface area contributed by atoms with Crippen molar-refractivity contribution in [3.8, 4) is 0 Å². The Morgan fingerprint density at radius 1 is 1.27 bits per heavy atom. The minimum atomic E-state index is 0.890. The first kappa shape index (κ1) is 6.28. The van der Waals surface area contributed by atoms with Crippen LogP contribution in [-0.4, -0.2) is 0 Å². The molecule has 2 saturated carbocycles. The summed E-state index contributed by atoms with van der Waals surface area (Å²) in [5.41, 5.74) is 1.82. The standard InChI is InChI=1S/C11H16/c1-7-2-8-4-10-6-9(3-7)11(10)5-8/h3,7-8,10-11H,2,4-6H2,1H3. The van der Waals surface area contributed by atoms with E-state index in [0.717, 1.165) is 23.7 Å². The van der Waals surface area contributed by atoms with Gasteiger partial charge in [-0.2, -0.15) is 0 Å². The molecule has 0 aromatic heterocycles. The van der Waals surface area contributed by atoms with E-state index >= 15 is 0 Å². The van der Waals surface area contributed by atoms with E-state index < -0.39 is 0 Å². The van der Waals surface area contributed by atoms with Crippen molar-refractivity contribution in [1.29, 1.82) is 0 Å². The Labute approximate surface area is 68.7 Å². The molecule has 0 heterocycles. The summed E-state index contributed by atoms with van der Waals surface area (Å²) < 4.78 is 0. The third kappa shape index (κ3) is 0.758. The molecular formula is C11H16. The molecule has 0 saturated heterocycles. The molecule has 3 rings (SSSR count). The predicted octanol–water partition coefficient (Wildman–Crippen LogP) is 3.00. The van der Waals surface area contributed by atoms with Gasteiger partial charge < -0.3 is 0 Å². The molecule has 3 aliphatic carbocycles. The van der Waals surface area contributed by atoms with Gasteiger partial charge in [0.25, 0.3) is 0 Å². The van der Waals surface area contributed by atoms with Crippen LogP contribution in [0, 0.1) is 23.7 Å². The second-order valence-corrected chi connectivity index (χ2v) is 4.86. The molecule has 60 valence electrons. The van der Waals surface area contributed by atoms with E-state index in [2.05, 4.69) is 13.0 Å². The number of hydrogen-bond acceptors (Lipinski definition) is 0. The maximum Gasteiger partial charge on any atom is -0.0169 e. The minimum Gasteiger partial charge on any atom is -0.0822 e. The van der Waals surface area contributed by atoms with Crippen molar-refractivity contribution in [2.45, 2.75) is 32.6 Å². The predicted molar refractivity (Wildman–Crippen MR) is 46.2 cm³/mol. The summed E-state index contributed by atoms with van der Waals surface area (Å²) in [7, 11) is 0. The van der Waals surface area contributed by atoms with Gasteiger partial charge in [0.15, 0.2) is 0 Å². The molecule has 2 bridgehead atoms. The molecule has 0 aromatic carbocycles. The van der Waals surface area contributed by atoms with Crippen LogP contribution in [0.1, 0.15) is 32.6 Å². The zero-order chi connectivity index (χ0) is 7.42. The third-order valence-electron chi connectivity index (χ3n) is 3.97. The molecule has 0 radical (unpaired) electrons. The fourth-order valence-corrected chi connectivity index (χ4v) is 3.56. The number of fused-ring (bicyclic) bond motifs is 1. The number of rotatable bonds is 0. The summed E-state index contributed by atoms with van der Waals surface area (Å²) in [6.45, 7) is 2.39. The Kier molecular flexibility index (Phi) is 1.09. The molecule has 3 aliphatic rings. The molecule has 0 aliphatic heterocycles. The zero-order valence-electron chi connectivity index (χ0n) is 7.22. The second kappa shape index (κ2) is 1.91. The Morgan fingerprint density at radius 3 is 3.09 bits per heavy atom. The summed E-state index contributed by atoms with van der Waals surface area (Å²) in [6, 6.07) is 0. The van der Waals surface area contributed by atoms with Gasteiger partial charge in [0, 0.05) is 0 Å². The van der Waals surface area contributed by atoms with Crippen molar-refractivity contribution in [3.63, 3.8) is 0 Å². The number of hydrogen-bond donors (Lipinski definition) is 0. The van der Waals surface area contributed by atoms with E-state index in [-0.39, 0.29) is 0 Å². The van der Waals surface area contributed by atoms with E-state index in [0.29, 0.717) is 0 Å². The molecule has 0 aromatic rings. The molecule has 4 atom stereocenters. The highest BCUT2D eigenvalue weighted by Crippen LogP contribution is 2.56. The largest absolute Gasteiger partial charge is 0.0822 e. The average Bonchev–Trinajstić information content (AvgIpc) is 2.14. The minimum absolute atomic E-state index is 0.890. The fraction of sp³-hybridized carbons (Fsp3) is 0.818. The lowest BCUT2D eigenvalue weighted by Crippen LogP contribution is -2.24. The Hall–Kier alpha value is -0.260. The van der Waals surface area contributed by atoms with Crippen LogP contribution in [0.15, 0.2) is 11.6 Å². The van der Waals surface area contributed by atoms with Gasteiger partial charge in [0.1, 0.15) is 0 Å². The van der Waals surface area contributed by atoms with Gasteiger partial charge in [-0.25, -0.2) is 0 Å². The highest BCUT2D eigenvalue weighted by Gasteiger charge is 2.45. The van der Waals surface area contributed by atoms with E-state index in [1.165, 1.54) is 12.8 Å². The van der Waals surface area contributed by atoms with Crippen LogP contribution in [0.5, 0.6) is 0 Å². The average molecular weight is 148 g/mol. The highest BCUT2D eigenvalue weighted by atomic mass is 14.5. The van der Waals surface area contributed by atoms with Crippen molar-refractivity contribution in [2.24, 2.45) is 23.7 Å². The Bertz CT molecular complexity index is 214. The molecule has 0 spiro atoms. The first-order valence-corrected chi connectivity index (χ1v) is 5.03. The molecule has 0 nitrogen and oxygen atoms in total. The molecule has 0 N–H and O–H groups in total. The number of allylic oxidation sites excluding steroid dienone is 2. The summed E-state index contributed by atoms with van der Waals surface area (Å²) in [5, 5.41) is 0. The lowest BCUT2D eigenvalue weighted by atomic mass is 9.70. The monoisotopic (exact) mass is 148 g/mol. The van der Waals surface area contributed by atoms with Crippen LogP contribution in [0.3, 0.4) is 0 Å².